The zero-order valence-corrected chi connectivity index (χ0v) is 12.3. The van der Waals surface area contributed by atoms with Gasteiger partial charge in [-0.25, -0.2) is 4.98 Å². The van der Waals surface area contributed by atoms with E-state index in [-0.39, 0.29) is 12.1 Å². The predicted octanol–water partition coefficient (Wildman–Crippen LogP) is 1.18. The van der Waals surface area contributed by atoms with Crippen LogP contribution in [0.2, 0.25) is 0 Å². The van der Waals surface area contributed by atoms with E-state index in [0.717, 1.165) is 30.3 Å². The van der Waals surface area contributed by atoms with Crippen LogP contribution in [0, 0.1) is 0 Å². The summed E-state index contributed by atoms with van der Waals surface area (Å²) in [5.74, 6) is 2.54. The number of aromatic nitrogens is 3. The molecule has 1 aromatic heterocycles. The molecule has 0 fully saturated rings. The molecule has 3 rings (SSSR count). The number of likely N-dealkylation sites (N-methyl/N-ethyl adjacent to an activating group) is 1. The van der Waals surface area contributed by atoms with Crippen LogP contribution in [0.4, 0.5) is 0 Å². The molecule has 0 aliphatic carbocycles. The van der Waals surface area contributed by atoms with E-state index < -0.39 is 0 Å². The number of hydrogen-bond acceptors (Lipinski definition) is 5. The molecule has 0 spiro atoms. The molecule has 2 unspecified atom stereocenters. The Labute approximate surface area is 124 Å². The van der Waals surface area contributed by atoms with Crippen LogP contribution in [0.3, 0.4) is 0 Å². The minimum atomic E-state index is -0.0449. The summed E-state index contributed by atoms with van der Waals surface area (Å²) in [5.41, 5.74) is 0. The number of rotatable bonds is 5. The number of ether oxygens (including phenoxy) is 2. The van der Waals surface area contributed by atoms with E-state index in [4.69, 9.17) is 9.47 Å². The first-order valence-corrected chi connectivity index (χ1v) is 7.22. The lowest BCUT2D eigenvalue weighted by molar-refractivity contribution is 0.0616. The lowest BCUT2D eigenvalue weighted by Gasteiger charge is -2.32. The lowest BCUT2D eigenvalue weighted by Crippen LogP contribution is -2.49. The Morgan fingerprint density at radius 1 is 1.38 bits per heavy atom. The molecule has 6 heteroatoms. The first-order chi connectivity index (χ1) is 10.3. The number of para-hydroxylation sites is 2. The number of benzene rings is 1. The highest BCUT2D eigenvalue weighted by atomic mass is 16.6. The Morgan fingerprint density at radius 3 is 2.90 bits per heavy atom. The van der Waals surface area contributed by atoms with Crippen molar-refractivity contribution < 1.29 is 9.47 Å². The minimum absolute atomic E-state index is 0.0449. The van der Waals surface area contributed by atoms with Gasteiger partial charge in [0.1, 0.15) is 24.9 Å². The van der Waals surface area contributed by atoms with Gasteiger partial charge in [-0.15, -0.1) is 0 Å². The average Bonchev–Trinajstić information content (AvgIpc) is 2.91. The summed E-state index contributed by atoms with van der Waals surface area (Å²) < 4.78 is 13.7. The van der Waals surface area contributed by atoms with E-state index in [9.17, 15) is 0 Å². The van der Waals surface area contributed by atoms with Crippen molar-refractivity contribution in [3.63, 3.8) is 0 Å². The second-order valence-corrected chi connectivity index (χ2v) is 5.08. The maximum Gasteiger partial charge on any atom is 0.161 e. The number of nitrogens with zero attached hydrogens (tertiary/aromatic N) is 3. The van der Waals surface area contributed by atoms with E-state index >= 15 is 0 Å². The van der Waals surface area contributed by atoms with Gasteiger partial charge in [-0.05, 0) is 18.7 Å². The van der Waals surface area contributed by atoms with Gasteiger partial charge in [-0.2, -0.15) is 5.10 Å². The standard InChI is InChI=1S/C15H20N4O2/c1-3-16-11(8-15-17-10-18-19(15)2)14-9-20-12-6-4-5-7-13(12)21-14/h4-7,10-11,14,16H,3,8-9H2,1-2H3. The van der Waals surface area contributed by atoms with E-state index in [1.165, 1.54) is 0 Å². The summed E-state index contributed by atoms with van der Waals surface area (Å²) in [5, 5.41) is 7.58. The monoisotopic (exact) mass is 288 g/mol. The van der Waals surface area contributed by atoms with Crippen LogP contribution in [-0.2, 0) is 13.5 Å². The Morgan fingerprint density at radius 2 is 2.19 bits per heavy atom. The van der Waals surface area contributed by atoms with Crippen LogP contribution in [-0.4, -0.2) is 40.1 Å². The molecule has 1 N–H and O–H groups in total. The van der Waals surface area contributed by atoms with Crippen LogP contribution < -0.4 is 14.8 Å². The lowest BCUT2D eigenvalue weighted by atomic mass is 10.1. The zero-order chi connectivity index (χ0) is 14.7. The van der Waals surface area contributed by atoms with Gasteiger partial charge in [0, 0.05) is 13.5 Å². The highest BCUT2D eigenvalue weighted by molar-refractivity contribution is 5.40. The molecule has 0 amide bonds. The maximum absolute atomic E-state index is 6.09. The van der Waals surface area contributed by atoms with Crippen LogP contribution in [0.1, 0.15) is 12.7 Å². The molecule has 2 aromatic rings. The van der Waals surface area contributed by atoms with Crippen LogP contribution in [0.25, 0.3) is 0 Å². The third kappa shape index (κ3) is 3.00. The molecule has 0 saturated heterocycles. The van der Waals surface area contributed by atoms with E-state index in [2.05, 4.69) is 22.3 Å². The second-order valence-electron chi connectivity index (χ2n) is 5.08. The first kappa shape index (κ1) is 13.9. The van der Waals surface area contributed by atoms with Crippen LogP contribution in [0.15, 0.2) is 30.6 Å². The Bertz CT molecular complexity index is 599. The van der Waals surface area contributed by atoms with Gasteiger partial charge in [-0.1, -0.05) is 19.1 Å². The molecular formula is C15H20N4O2. The molecule has 0 saturated carbocycles. The summed E-state index contributed by atoms with van der Waals surface area (Å²) in [4.78, 5) is 4.29. The molecule has 2 atom stereocenters. The van der Waals surface area contributed by atoms with Gasteiger partial charge in [0.25, 0.3) is 0 Å². The fourth-order valence-corrected chi connectivity index (χ4v) is 2.53. The van der Waals surface area contributed by atoms with Gasteiger partial charge in [-0.3, -0.25) is 4.68 Å². The highest BCUT2D eigenvalue weighted by Crippen LogP contribution is 2.31. The van der Waals surface area contributed by atoms with Crippen molar-refractivity contribution in [1.29, 1.82) is 0 Å². The fraction of sp³-hybridized carbons (Fsp3) is 0.467. The van der Waals surface area contributed by atoms with Crippen molar-refractivity contribution in [2.75, 3.05) is 13.2 Å². The van der Waals surface area contributed by atoms with Crippen LogP contribution >= 0.6 is 0 Å². The van der Waals surface area contributed by atoms with E-state index in [1.807, 2.05) is 31.3 Å². The van der Waals surface area contributed by atoms with Gasteiger partial charge < -0.3 is 14.8 Å². The molecule has 6 nitrogen and oxygen atoms in total. The minimum Gasteiger partial charge on any atom is -0.486 e. The summed E-state index contributed by atoms with van der Waals surface area (Å²) in [6, 6.07) is 7.90. The second kappa shape index (κ2) is 6.13. The average molecular weight is 288 g/mol. The van der Waals surface area contributed by atoms with Crippen molar-refractivity contribution in [3.8, 4) is 11.5 Å². The Kier molecular flexibility index (Phi) is 4.06. The Hall–Kier alpha value is -2.08. The maximum atomic E-state index is 6.09. The summed E-state index contributed by atoms with van der Waals surface area (Å²) in [6.07, 6.45) is 2.28. The number of hydrogen-bond donors (Lipinski definition) is 1. The topological polar surface area (TPSA) is 61.2 Å². The third-order valence-corrected chi connectivity index (χ3v) is 3.65. The van der Waals surface area contributed by atoms with Crippen molar-refractivity contribution in [1.82, 2.24) is 20.1 Å². The number of fused-ring (bicyclic) bond motifs is 1. The smallest absolute Gasteiger partial charge is 0.161 e. The van der Waals surface area contributed by atoms with Gasteiger partial charge >= 0.3 is 0 Å². The molecule has 1 aliphatic rings. The SMILES string of the molecule is CCNC(Cc1ncnn1C)C1COc2ccccc2O1. The third-order valence-electron chi connectivity index (χ3n) is 3.65. The van der Waals surface area contributed by atoms with E-state index in [1.54, 1.807) is 11.0 Å². The fourth-order valence-electron chi connectivity index (χ4n) is 2.53. The zero-order valence-electron chi connectivity index (χ0n) is 12.3. The summed E-state index contributed by atoms with van der Waals surface area (Å²) >= 11 is 0. The highest BCUT2D eigenvalue weighted by Gasteiger charge is 2.29. The Balaban J connectivity index is 1.74. The molecule has 112 valence electrons. The molecular weight excluding hydrogens is 268 g/mol. The normalized spacial score (nSPS) is 18.5. The predicted molar refractivity (Wildman–Crippen MR) is 78.5 cm³/mol. The van der Waals surface area contributed by atoms with E-state index in [0.29, 0.717) is 6.61 Å². The molecule has 0 radical (unpaired) electrons. The van der Waals surface area contributed by atoms with Crippen molar-refractivity contribution >= 4 is 0 Å². The molecule has 21 heavy (non-hydrogen) atoms. The number of nitrogens with one attached hydrogen (secondary N) is 1. The molecule has 1 aliphatic heterocycles. The quantitative estimate of drug-likeness (QED) is 0.895. The van der Waals surface area contributed by atoms with Gasteiger partial charge in [0.15, 0.2) is 11.5 Å². The molecule has 0 bridgehead atoms. The van der Waals surface area contributed by atoms with Gasteiger partial charge in [0.05, 0.1) is 6.04 Å². The molecule has 2 heterocycles. The van der Waals surface area contributed by atoms with Gasteiger partial charge in [0.2, 0.25) is 0 Å². The number of aryl methyl sites for hydroxylation is 1. The summed E-state index contributed by atoms with van der Waals surface area (Å²) in [7, 11) is 1.90. The van der Waals surface area contributed by atoms with Crippen molar-refractivity contribution in [3.05, 3.63) is 36.4 Å². The van der Waals surface area contributed by atoms with Crippen molar-refractivity contribution in [2.45, 2.75) is 25.5 Å². The first-order valence-electron chi connectivity index (χ1n) is 7.22. The molecule has 1 aromatic carbocycles. The summed E-state index contributed by atoms with van der Waals surface area (Å²) in [6.45, 7) is 3.48. The largest absolute Gasteiger partial charge is 0.486 e. The van der Waals surface area contributed by atoms with Crippen LogP contribution in [0.5, 0.6) is 11.5 Å². The van der Waals surface area contributed by atoms with Crippen molar-refractivity contribution in [2.24, 2.45) is 7.05 Å².